The molecule has 200 valence electrons. The second-order valence-electron chi connectivity index (χ2n) is 10.9. The maximum Gasteiger partial charge on any atom is 0.147 e. The molecule has 0 spiro atoms. The minimum Gasteiger partial charge on any atom is -0.390 e. The molecular weight excluding hydrogens is 495 g/mol. The van der Waals surface area contributed by atoms with Crippen molar-refractivity contribution < 1.29 is 9.50 Å². The number of nitrogen functional groups attached to an aromatic ring is 1. The second kappa shape index (κ2) is 9.30. The summed E-state index contributed by atoms with van der Waals surface area (Å²) in [5.41, 5.74) is 10.4. The highest BCUT2D eigenvalue weighted by Crippen LogP contribution is 2.43. The molecule has 1 aliphatic carbocycles. The Morgan fingerprint density at radius 3 is 2.74 bits per heavy atom. The maximum absolute atomic E-state index is 15.7. The van der Waals surface area contributed by atoms with Crippen LogP contribution in [-0.2, 0) is 13.5 Å². The van der Waals surface area contributed by atoms with Crippen LogP contribution < -0.4 is 10.6 Å². The average Bonchev–Trinajstić information content (AvgIpc) is 3.58. The number of benzene rings is 1. The molecule has 1 saturated heterocycles. The average molecular weight is 527 g/mol. The third-order valence-corrected chi connectivity index (χ3v) is 8.43. The minimum absolute atomic E-state index is 0.184. The van der Waals surface area contributed by atoms with Crippen LogP contribution in [0.25, 0.3) is 33.2 Å². The fourth-order valence-electron chi connectivity index (χ4n) is 6.12. The number of nitrogens with two attached hydrogens (primary N) is 1. The van der Waals surface area contributed by atoms with E-state index in [4.69, 9.17) is 10.7 Å². The van der Waals surface area contributed by atoms with Gasteiger partial charge in [-0.3, -0.25) is 4.68 Å². The van der Waals surface area contributed by atoms with Gasteiger partial charge in [0.25, 0.3) is 0 Å². The molecule has 1 saturated carbocycles. The Labute approximate surface area is 225 Å². The van der Waals surface area contributed by atoms with Crippen molar-refractivity contribution in [3.63, 3.8) is 0 Å². The van der Waals surface area contributed by atoms with Crippen molar-refractivity contribution >= 4 is 33.6 Å². The molecule has 2 aliphatic rings. The summed E-state index contributed by atoms with van der Waals surface area (Å²) in [6, 6.07) is 11.9. The fourth-order valence-corrected chi connectivity index (χ4v) is 6.12. The lowest BCUT2D eigenvalue weighted by Gasteiger charge is -2.32. The molecule has 0 radical (unpaired) electrons. The fraction of sp³-hybridized carbons (Fsp3) is 0.379. The Morgan fingerprint density at radius 1 is 1.13 bits per heavy atom. The number of alkyl halides is 1. The Balaban J connectivity index is 1.13. The number of aliphatic hydroxyl groups is 1. The monoisotopic (exact) mass is 526 g/mol. The third kappa shape index (κ3) is 4.10. The van der Waals surface area contributed by atoms with Gasteiger partial charge >= 0.3 is 0 Å². The van der Waals surface area contributed by atoms with Gasteiger partial charge in [0.1, 0.15) is 29.8 Å². The molecule has 5 aromatic rings. The Morgan fingerprint density at radius 2 is 1.97 bits per heavy atom. The Kier molecular flexibility index (Phi) is 5.73. The van der Waals surface area contributed by atoms with Gasteiger partial charge in [-0.2, -0.15) is 5.10 Å². The number of aryl methyl sites for hydroxylation is 2. The van der Waals surface area contributed by atoms with Crippen molar-refractivity contribution in [1.82, 2.24) is 29.3 Å². The van der Waals surface area contributed by atoms with Crippen LogP contribution in [0.4, 0.5) is 16.0 Å². The first kappa shape index (κ1) is 24.0. The van der Waals surface area contributed by atoms with Crippen LogP contribution in [0.5, 0.6) is 0 Å². The van der Waals surface area contributed by atoms with E-state index in [1.54, 1.807) is 4.68 Å². The smallest absolute Gasteiger partial charge is 0.147 e. The first-order valence-electron chi connectivity index (χ1n) is 13.5. The van der Waals surface area contributed by atoms with Crippen molar-refractivity contribution in [3.8, 4) is 11.3 Å². The van der Waals surface area contributed by atoms with Gasteiger partial charge in [0.05, 0.1) is 28.7 Å². The highest BCUT2D eigenvalue weighted by atomic mass is 19.1. The van der Waals surface area contributed by atoms with E-state index in [-0.39, 0.29) is 5.92 Å². The van der Waals surface area contributed by atoms with E-state index < -0.39 is 18.3 Å². The second-order valence-corrected chi connectivity index (χ2v) is 10.9. The van der Waals surface area contributed by atoms with Crippen LogP contribution in [0.3, 0.4) is 0 Å². The van der Waals surface area contributed by atoms with Gasteiger partial charge in [-0.1, -0.05) is 12.1 Å². The number of anilines is 2. The molecule has 7 rings (SSSR count). The molecule has 9 nitrogen and oxygen atoms in total. The number of nitrogens with zero attached hydrogens (tertiary/aromatic N) is 7. The van der Waals surface area contributed by atoms with Crippen LogP contribution >= 0.6 is 0 Å². The van der Waals surface area contributed by atoms with Gasteiger partial charge in [-0.15, -0.1) is 0 Å². The molecule has 1 aliphatic heterocycles. The zero-order chi connectivity index (χ0) is 26.7. The zero-order valence-corrected chi connectivity index (χ0v) is 21.8. The summed E-state index contributed by atoms with van der Waals surface area (Å²) in [4.78, 5) is 15.8. The zero-order valence-electron chi connectivity index (χ0n) is 21.8. The van der Waals surface area contributed by atoms with Crippen LogP contribution in [0.15, 0.2) is 55.1 Å². The van der Waals surface area contributed by atoms with Gasteiger partial charge in [0, 0.05) is 43.5 Å². The van der Waals surface area contributed by atoms with Crippen LogP contribution in [-0.4, -0.2) is 59.8 Å². The molecule has 4 unspecified atom stereocenters. The van der Waals surface area contributed by atoms with E-state index in [2.05, 4.69) is 50.3 Å². The molecule has 1 aromatic carbocycles. The number of hydrogen-bond acceptors (Lipinski definition) is 7. The summed E-state index contributed by atoms with van der Waals surface area (Å²) >= 11 is 0. The SMILES string of the molecule is Cn1ccc(-c2cn(C3CC(CCc4ccc5ccc(N6CCC6)nc5c4)C(O)C3F)c3ncnc(N)c23)n1. The highest BCUT2D eigenvalue weighted by molar-refractivity contribution is 5.99. The van der Waals surface area contributed by atoms with E-state index >= 15 is 4.39 Å². The summed E-state index contributed by atoms with van der Waals surface area (Å²) in [6.45, 7) is 2.12. The quantitative estimate of drug-likeness (QED) is 0.343. The van der Waals surface area contributed by atoms with Gasteiger partial charge in [-0.05, 0) is 61.4 Å². The molecule has 2 fully saturated rings. The third-order valence-electron chi connectivity index (χ3n) is 8.43. The molecule has 0 bridgehead atoms. The van der Waals surface area contributed by atoms with Crippen molar-refractivity contribution in [2.45, 2.75) is 44.0 Å². The Bertz CT molecular complexity index is 1670. The molecular formula is C29H31FN8O. The predicted octanol–water partition coefficient (Wildman–Crippen LogP) is 4.07. The number of fused-ring (bicyclic) bond motifs is 2. The number of pyridine rings is 1. The van der Waals surface area contributed by atoms with E-state index in [9.17, 15) is 5.11 Å². The number of aliphatic hydroxyl groups excluding tert-OH is 1. The summed E-state index contributed by atoms with van der Waals surface area (Å²) < 4.78 is 19.2. The van der Waals surface area contributed by atoms with Gasteiger partial charge in [0.2, 0.25) is 0 Å². The number of hydrogen-bond donors (Lipinski definition) is 2. The van der Waals surface area contributed by atoms with E-state index in [1.165, 1.54) is 12.7 Å². The first-order valence-corrected chi connectivity index (χ1v) is 13.5. The summed E-state index contributed by atoms with van der Waals surface area (Å²) in [7, 11) is 1.84. The largest absolute Gasteiger partial charge is 0.390 e. The lowest BCUT2D eigenvalue weighted by Crippen LogP contribution is -2.37. The predicted molar refractivity (Wildman–Crippen MR) is 149 cm³/mol. The summed E-state index contributed by atoms with van der Waals surface area (Å²) in [5.74, 6) is 1.16. The van der Waals surface area contributed by atoms with Crippen LogP contribution in [0.2, 0.25) is 0 Å². The number of halogens is 1. The lowest BCUT2D eigenvalue weighted by atomic mass is 9.95. The first-order chi connectivity index (χ1) is 19.0. The molecule has 39 heavy (non-hydrogen) atoms. The molecule has 4 aromatic heterocycles. The maximum atomic E-state index is 15.7. The number of aromatic nitrogens is 6. The molecule has 10 heteroatoms. The lowest BCUT2D eigenvalue weighted by molar-refractivity contribution is 0.0574. The normalized spacial score (nSPS) is 23.1. The van der Waals surface area contributed by atoms with Crippen molar-refractivity contribution in [2.75, 3.05) is 23.7 Å². The summed E-state index contributed by atoms with van der Waals surface area (Å²) in [5, 5.41) is 17.2. The molecule has 5 heterocycles. The molecule has 0 amide bonds. The molecule has 4 atom stereocenters. The van der Waals surface area contributed by atoms with Gasteiger partial charge < -0.3 is 20.3 Å². The minimum atomic E-state index is -1.42. The number of rotatable bonds is 6. The van der Waals surface area contributed by atoms with Crippen molar-refractivity contribution in [2.24, 2.45) is 13.0 Å². The van der Waals surface area contributed by atoms with Gasteiger partial charge in [-0.25, -0.2) is 19.3 Å². The standard InChI is InChI=1S/C29H31FN8O/c1-36-12-9-21(35-36)20-15-38(29-25(20)28(31)32-16-33-29)23-14-19(27(39)26(23)30)6-4-17-3-5-18-7-8-24(34-22(18)13-17)37-10-2-11-37/h3,5,7-9,12-13,15-16,19,23,26-27,39H,2,4,6,10-11,14H2,1H3,(H2,31,32,33). The topological polar surface area (TPSA) is 111 Å². The highest BCUT2D eigenvalue weighted by Gasteiger charge is 2.44. The Hall–Kier alpha value is -4.05. The van der Waals surface area contributed by atoms with E-state index in [0.29, 0.717) is 29.7 Å². The van der Waals surface area contributed by atoms with E-state index in [1.807, 2.05) is 30.1 Å². The summed E-state index contributed by atoms with van der Waals surface area (Å²) in [6.07, 6.45) is 5.76. The van der Waals surface area contributed by atoms with Crippen molar-refractivity contribution in [1.29, 1.82) is 0 Å². The molecule has 3 N–H and O–H groups in total. The van der Waals surface area contributed by atoms with E-state index in [0.717, 1.165) is 53.1 Å². The van der Waals surface area contributed by atoms with Crippen LogP contribution in [0.1, 0.15) is 30.9 Å². The van der Waals surface area contributed by atoms with Crippen LogP contribution in [0, 0.1) is 5.92 Å². The van der Waals surface area contributed by atoms with Crippen molar-refractivity contribution in [3.05, 3.63) is 60.7 Å². The van der Waals surface area contributed by atoms with Gasteiger partial charge in [0.15, 0.2) is 0 Å².